The van der Waals surface area contributed by atoms with Crippen molar-refractivity contribution in [2.24, 2.45) is 0 Å². The lowest BCUT2D eigenvalue weighted by Crippen LogP contribution is -2.28. The van der Waals surface area contributed by atoms with Crippen molar-refractivity contribution >= 4 is 27.3 Å². The van der Waals surface area contributed by atoms with E-state index in [0.717, 1.165) is 18.2 Å². The SMILES string of the molecule is CC(=O)NS(=O)(=O)c1cnccc1Nc1cccc(C)c1. The lowest BCUT2D eigenvalue weighted by molar-refractivity contribution is -0.117. The molecule has 0 saturated heterocycles. The molecule has 110 valence electrons. The summed E-state index contributed by atoms with van der Waals surface area (Å²) in [5.41, 5.74) is 2.14. The van der Waals surface area contributed by atoms with Crippen LogP contribution in [0.3, 0.4) is 0 Å². The molecule has 1 heterocycles. The zero-order valence-electron chi connectivity index (χ0n) is 11.6. The molecule has 0 saturated carbocycles. The van der Waals surface area contributed by atoms with Crippen molar-refractivity contribution in [3.8, 4) is 0 Å². The normalized spacial score (nSPS) is 11.0. The topological polar surface area (TPSA) is 88.2 Å². The van der Waals surface area contributed by atoms with E-state index in [4.69, 9.17) is 0 Å². The fourth-order valence-corrected chi connectivity index (χ4v) is 2.92. The molecule has 21 heavy (non-hydrogen) atoms. The Hall–Kier alpha value is -2.41. The number of rotatable bonds is 4. The number of amides is 1. The number of hydrogen-bond donors (Lipinski definition) is 2. The molecule has 2 N–H and O–H groups in total. The summed E-state index contributed by atoms with van der Waals surface area (Å²) in [4.78, 5) is 14.7. The van der Waals surface area contributed by atoms with Gasteiger partial charge < -0.3 is 5.32 Å². The zero-order chi connectivity index (χ0) is 15.5. The molecule has 7 heteroatoms. The van der Waals surface area contributed by atoms with E-state index in [1.807, 2.05) is 35.9 Å². The second-order valence-corrected chi connectivity index (χ2v) is 6.18. The lowest BCUT2D eigenvalue weighted by atomic mass is 10.2. The fraction of sp³-hybridized carbons (Fsp3) is 0.143. The van der Waals surface area contributed by atoms with Gasteiger partial charge in [-0.25, -0.2) is 13.1 Å². The number of carbonyl (C=O) groups is 1. The van der Waals surface area contributed by atoms with E-state index < -0.39 is 15.9 Å². The number of aromatic nitrogens is 1. The van der Waals surface area contributed by atoms with Crippen LogP contribution in [0.25, 0.3) is 0 Å². The Morgan fingerprint density at radius 1 is 1.24 bits per heavy atom. The first-order valence-corrected chi connectivity index (χ1v) is 7.68. The van der Waals surface area contributed by atoms with Crippen LogP contribution in [0, 0.1) is 6.92 Å². The maximum Gasteiger partial charge on any atom is 0.267 e. The van der Waals surface area contributed by atoms with Gasteiger partial charge in [0.2, 0.25) is 5.91 Å². The number of hydrogen-bond acceptors (Lipinski definition) is 5. The maximum absolute atomic E-state index is 12.1. The van der Waals surface area contributed by atoms with Crippen LogP contribution >= 0.6 is 0 Å². The van der Waals surface area contributed by atoms with E-state index in [9.17, 15) is 13.2 Å². The summed E-state index contributed by atoms with van der Waals surface area (Å²) in [5, 5.41) is 3.02. The molecule has 0 fully saturated rings. The third-order valence-electron chi connectivity index (χ3n) is 2.65. The number of carbonyl (C=O) groups excluding carboxylic acids is 1. The molecule has 0 aliphatic heterocycles. The molecular formula is C14H15N3O3S. The van der Waals surface area contributed by atoms with E-state index in [1.165, 1.54) is 18.5 Å². The molecule has 1 amide bonds. The third-order valence-corrected chi connectivity index (χ3v) is 4.11. The van der Waals surface area contributed by atoms with Crippen molar-refractivity contribution in [1.82, 2.24) is 9.71 Å². The van der Waals surface area contributed by atoms with Gasteiger partial charge in [-0.3, -0.25) is 9.78 Å². The first kappa shape index (κ1) is 15.0. The van der Waals surface area contributed by atoms with E-state index in [1.54, 1.807) is 0 Å². The predicted molar refractivity (Wildman–Crippen MR) is 79.7 cm³/mol. The Labute approximate surface area is 123 Å². The van der Waals surface area contributed by atoms with Crippen molar-refractivity contribution in [2.45, 2.75) is 18.7 Å². The van der Waals surface area contributed by atoms with Crippen LogP contribution in [-0.4, -0.2) is 19.3 Å². The molecule has 0 aliphatic rings. The van der Waals surface area contributed by atoms with Crippen LogP contribution in [0.15, 0.2) is 47.6 Å². The van der Waals surface area contributed by atoms with Gasteiger partial charge in [0.1, 0.15) is 4.90 Å². The van der Waals surface area contributed by atoms with Gasteiger partial charge in [-0.2, -0.15) is 0 Å². The van der Waals surface area contributed by atoms with Gasteiger partial charge in [0.25, 0.3) is 10.0 Å². The first-order valence-electron chi connectivity index (χ1n) is 6.19. The van der Waals surface area contributed by atoms with E-state index in [2.05, 4.69) is 10.3 Å². The van der Waals surface area contributed by atoms with Crippen molar-refractivity contribution < 1.29 is 13.2 Å². The second-order valence-electron chi connectivity index (χ2n) is 4.53. The molecule has 6 nitrogen and oxygen atoms in total. The summed E-state index contributed by atoms with van der Waals surface area (Å²) in [6.07, 6.45) is 2.67. The quantitative estimate of drug-likeness (QED) is 0.901. The smallest absolute Gasteiger partial charge is 0.267 e. The molecule has 2 rings (SSSR count). The molecule has 2 aromatic rings. The number of anilines is 2. The van der Waals surface area contributed by atoms with Gasteiger partial charge in [-0.05, 0) is 30.7 Å². The van der Waals surface area contributed by atoms with Gasteiger partial charge >= 0.3 is 0 Å². The predicted octanol–water partition coefficient (Wildman–Crippen LogP) is 1.96. The maximum atomic E-state index is 12.1. The summed E-state index contributed by atoms with van der Waals surface area (Å²) >= 11 is 0. The molecule has 0 radical (unpaired) electrons. The van der Waals surface area contributed by atoms with Crippen LogP contribution in [0.5, 0.6) is 0 Å². The highest BCUT2D eigenvalue weighted by Gasteiger charge is 2.20. The summed E-state index contributed by atoms with van der Waals surface area (Å²) in [5.74, 6) is -0.652. The van der Waals surface area contributed by atoms with E-state index >= 15 is 0 Å². The second kappa shape index (κ2) is 5.92. The highest BCUT2D eigenvalue weighted by atomic mass is 32.2. The molecule has 0 spiro atoms. The Bertz CT molecular complexity index is 773. The number of nitrogens with one attached hydrogen (secondary N) is 2. The summed E-state index contributed by atoms with van der Waals surface area (Å²) in [6.45, 7) is 3.08. The van der Waals surface area contributed by atoms with Gasteiger partial charge in [-0.15, -0.1) is 0 Å². The van der Waals surface area contributed by atoms with Crippen molar-refractivity contribution in [2.75, 3.05) is 5.32 Å². The Balaban J connectivity index is 2.40. The highest BCUT2D eigenvalue weighted by molar-refractivity contribution is 7.90. The molecular weight excluding hydrogens is 290 g/mol. The van der Waals surface area contributed by atoms with E-state index in [-0.39, 0.29) is 4.90 Å². The van der Waals surface area contributed by atoms with Crippen LogP contribution in [0.1, 0.15) is 12.5 Å². The van der Waals surface area contributed by atoms with Gasteiger partial charge in [0.15, 0.2) is 0 Å². The van der Waals surface area contributed by atoms with Crippen molar-refractivity contribution in [3.63, 3.8) is 0 Å². The number of benzene rings is 1. The minimum atomic E-state index is -3.94. The van der Waals surface area contributed by atoms with Crippen LogP contribution in [0.2, 0.25) is 0 Å². The largest absolute Gasteiger partial charge is 0.354 e. The molecule has 0 unspecified atom stereocenters. The number of pyridine rings is 1. The van der Waals surface area contributed by atoms with Crippen LogP contribution < -0.4 is 10.0 Å². The Kier molecular flexibility index (Phi) is 4.23. The Morgan fingerprint density at radius 2 is 2.00 bits per heavy atom. The lowest BCUT2D eigenvalue weighted by Gasteiger charge is -2.12. The number of sulfonamides is 1. The van der Waals surface area contributed by atoms with Crippen LogP contribution in [0.4, 0.5) is 11.4 Å². The molecule has 0 bridgehead atoms. The minimum absolute atomic E-state index is 0.0818. The summed E-state index contributed by atoms with van der Waals surface area (Å²) in [7, 11) is -3.94. The first-order chi connectivity index (χ1) is 9.88. The Morgan fingerprint density at radius 3 is 2.67 bits per heavy atom. The monoisotopic (exact) mass is 305 g/mol. The average molecular weight is 305 g/mol. The number of aryl methyl sites for hydroxylation is 1. The van der Waals surface area contributed by atoms with Crippen molar-refractivity contribution in [3.05, 3.63) is 48.3 Å². The molecule has 0 atom stereocenters. The number of nitrogens with zero attached hydrogens (tertiary/aromatic N) is 1. The molecule has 0 aliphatic carbocycles. The van der Waals surface area contributed by atoms with Gasteiger partial charge in [0.05, 0.1) is 5.69 Å². The summed E-state index contributed by atoms with van der Waals surface area (Å²) in [6, 6.07) is 9.04. The zero-order valence-corrected chi connectivity index (χ0v) is 12.4. The summed E-state index contributed by atoms with van der Waals surface area (Å²) < 4.78 is 26.1. The van der Waals surface area contributed by atoms with Crippen molar-refractivity contribution in [1.29, 1.82) is 0 Å². The fourth-order valence-electron chi connectivity index (χ4n) is 1.82. The average Bonchev–Trinajstić information content (AvgIpc) is 2.37. The third kappa shape index (κ3) is 3.79. The molecule has 1 aromatic heterocycles. The standard InChI is InChI=1S/C14H15N3O3S/c1-10-4-3-5-12(8-10)16-13-6-7-15-9-14(13)21(19,20)17-11(2)18/h3-9H,1-2H3,(H,15,16)(H,17,18). The molecule has 1 aromatic carbocycles. The van der Waals surface area contributed by atoms with E-state index in [0.29, 0.717) is 5.69 Å². The minimum Gasteiger partial charge on any atom is -0.354 e. The van der Waals surface area contributed by atoms with Gasteiger partial charge in [-0.1, -0.05) is 12.1 Å². The van der Waals surface area contributed by atoms with Gasteiger partial charge in [0, 0.05) is 25.0 Å². The van der Waals surface area contributed by atoms with Crippen LogP contribution in [-0.2, 0) is 14.8 Å². The highest BCUT2D eigenvalue weighted by Crippen LogP contribution is 2.24.